The molecule has 0 saturated heterocycles. The SMILES string of the molecule is COCCNC(=O)CSc1ccccc1C(=O)NCC(F)(F)F. The summed E-state index contributed by atoms with van der Waals surface area (Å²) in [5, 5.41) is 4.43. The zero-order valence-corrected chi connectivity index (χ0v) is 13.2. The molecule has 0 unspecified atom stereocenters. The largest absolute Gasteiger partial charge is 0.405 e. The topological polar surface area (TPSA) is 67.4 Å². The molecule has 0 aliphatic rings. The lowest BCUT2D eigenvalue weighted by atomic mass is 10.2. The van der Waals surface area contributed by atoms with Crippen LogP contribution < -0.4 is 10.6 Å². The van der Waals surface area contributed by atoms with Crippen molar-refractivity contribution >= 4 is 23.6 Å². The first-order valence-electron chi connectivity index (χ1n) is 6.66. The van der Waals surface area contributed by atoms with Crippen molar-refractivity contribution in [3.8, 4) is 0 Å². The number of hydrogen-bond acceptors (Lipinski definition) is 4. The number of rotatable bonds is 8. The fourth-order valence-electron chi connectivity index (χ4n) is 1.54. The van der Waals surface area contributed by atoms with Gasteiger partial charge in [0.25, 0.3) is 5.91 Å². The molecule has 1 rings (SSSR count). The van der Waals surface area contributed by atoms with E-state index in [1.165, 1.54) is 13.2 Å². The van der Waals surface area contributed by atoms with Crippen molar-refractivity contribution in [3.63, 3.8) is 0 Å². The number of carbonyl (C=O) groups is 2. The van der Waals surface area contributed by atoms with E-state index in [1.54, 1.807) is 18.2 Å². The molecule has 1 aromatic carbocycles. The summed E-state index contributed by atoms with van der Waals surface area (Å²) in [7, 11) is 1.51. The van der Waals surface area contributed by atoms with Gasteiger partial charge in [0.1, 0.15) is 6.54 Å². The Morgan fingerprint density at radius 2 is 1.91 bits per heavy atom. The highest BCUT2D eigenvalue weighted by Crippen LogP contribution is 2.22. The molecule has 0 radical (unpaired) electrons. The van der Waals surface area contributed by atoms with Gasteiger partial charge in [-0.15, -0.1) is 11.8 Å². The maximum Gasteiger partial charge on any atom is 0.405 e. The minimum atomic E-state index is -4.47. The Hall–Kier alpha value is -1.74. The van der Waals surface area contributed by atoms with Crippen LogP contribution in [0.2, 0.25) is 0 Å². The van der Waals surface area contributed by atoms with Crippen molar-refractivity contribution in [2.24, 2.45) is 0 Å². The molecule has 0 aliphatic carbocycles. The van der Waals surface area contributed by atoms with Crippen LogP contribution in [0.5, 0.6) is 0 Å². The third kappa shape index (κ3) is 7.89. The van der Waals surface area contributed by atoms with Gasteiger partial charge in [-0.05, 0) is 12.1 Å². The highest BCUT2D eigenvalue weighted by atomic mass is 32.2. The van der Waals surface area contributed by atoms with Gasteiger partial charge in [-0.3, -0.25) is 9.59 Å². The minimum absolute atomic E-state index is 0.0489. The van der Waals surface area contributed by atoms with Gasteiger partial charge in [-0.25, -0.2) is 0 Å². The highest BCUT2D eigenvalue weighted by Gasteiger charge is 2.28. The van der Waals surface area contributed by atoms with Gasteiger partial charge in [0, 0.05) is 18.6 Å². The second kappa shape index (κ2) is 9.41. The van der Waals surface area contributed by atoms with Crippen LogP contribution in [0.3, 0.4) is 0 Å². The standard InChI is InChI=1S/C14H17F3N2O3S/c1-22-7-6-18-12(20)8-23-11-5-3-2-4-10(11)13(21)19-9-14(15,16)17/h2-5H,6-9H2,1H3,(H,18,20)(H,19,21). The second-order valence-electron chi connectivity index (χ2n) is 4.43. The van der Waals surface area contributed by atoms with E-state index in [-0.39, 0.29) is 17.2 Å². The first kappa shape index (κ1) is 19.3. The summed E-state index contributed by atoms with van der Waals surface area (Å²) in [5.41, 5.74) is 0.103. The quantitative estimate of drug-likeness (QED) is 0.555. The summed E-state index contributed by atoms with van der Waals surface area (Å²) < 4.78 is 41.2. The van der Waals surface area contributed by atoms with E-state index < -0.39 is 18.6 Å². The Morgan fingerprint density at radius 1 is 1.22 bits per heavy atom. The summed E-state index contributed by atoms with van der Waals surface area (Å²) in [5.74, 6) is -1.03. The first-order chi connectivity index (χ1) is 10.8. The Kier molecular flexibility index (Phi) is 7.90. The lowest BCUT2D eigenvalue weighted by Crippen LogP contribution is -2.34. The number of methoxy groups -OCH3 is 1. The van der Waals surface area contributed by atoms with Crippen molar-refractivity contribution in [2.45, 2.75) is 11.1 Å². The zero-order valence-electron chi connectivity index (χ0n) is 12.4. The minimum Gasteiger partial charge on any atom is -0.383 e. The smallest absolute Gasteiger partial charge is 0.383 e. The molecule has 23 heavy (non-hydrogen) atoms. The van der Waals surface area contributed by atoms with Crippen molar-refractivity contribution < 1.29 is 27.5 Å². The predicted octanol–water partition coefficient (Wildman–Crippen LogP) is 1.83. The summed E-state index contributed by atoms with van der Waals surface area (Å²) >= 11 is 1.08. The van der Waals surface area contributed by atoms with E-state index in [1.807, 2.05) is 5.32 Å². The van der Waals surface area contributed by atoms with Crippen LogP contribution in [-0.4, -0.2) is 50.5 Å². The van der Waals surface area contributed by atoms with Gasteiger partial charge in [0.2, 0.25) is 5.91 Å². The Bertz CT molecular complexity index is 538. The number of alkyl halides is 3. The maximum atomic E-state index is 12.2. The second-order valence-corrected chi connectivity index (χ2v) is 5.44. The van der Waals surface area contributed by atoms with E-state index in [0.29, 0.717) is 18.0 Å². The molecule has 0 heterocycles. The fraction of sp³-hybridized carbons (Fsp3) is 0.429. The van der Waals surface area contributed by atoms with E-state index in [0.717, 1.165) is 11.8 Å². The highest BCUT2D eigenvalue weighted by molar-refractivity contribution is 8.00. The van der Waals surface area contributed by atoms with Crippen molar-refractivity contribution in [1.82, 2.24) is 10.6 Å². The van der Waals surface area contributed by atoms with Crippen LogP contribution in [0.25, 0.3) is 0 Å². The van der Waals surface area contributed by atoms with Gasteiger partial charge in [0.15, 0.2) is 0 Å². The molecule has 128 valence electrons. The fourth-order valence-corrected chi connectivity index (χ4v) is 2.42. The molecule has 2 N–H and O–H groups in total. The number of ether oxygens (including phenoxy) is 1. The van der Waals surface area contributed by atoms with Gasteiger partial charge in [-0.2, -0.15) is 13.2 Å². The normalized spacial score (nSPS) is 11.1. The Labute approximate surface area is 136 Å². The van der Waals surface area contributed by atoms with Crippen molar-refractivity contribution in [2.75, 3.05) is 32.6 Å². The van der Waals surface area contributed by atoms with Crippen LogP contribution in [0.4, 0.5) is 13.2 Å². The Morgan fingerprint density at radius 3 is 2.57 bits per heavy atom. The number of benzene rings is 1. The number of nitrogens with one attached hydrogen (secondary N) is 2. The van der Waals surface area contributed by atoms with Crippen LogP contribution >= 0.6 is 11.8 Å². The molecule has 1 aromatic rings. The third-order valence-electron chi connectivity index (χ3n) is 2.57. The number of hydrogen-bond donors (Lipinski definition) is 2. The number of amides is 2. The molecule has 0 aromatic heterocycles. The van der Waals surface area contributed by atoms with Crippen LogP contribution in [0.1, 0.15) is 10.4 Å². The molecule has 9 heteroatoms. The van der Waals surface area contributed by atoms with E-state index in [4.69, 9.17) is 4.74 Å². The summed E-state index contributed by atoms with van der Waals surface area (Å²) in [4.78, 5) is 23.9. The van der Waals surface area contributed by atoms with Crippen LogP contribution in [0.15, 0.2) is 29.2 Å². The number of thioether (sulfide) groups is 1. The average molecular weight is 350 g/mol. The molecule has 0 atom stereocenters. The van der Waals surface area contributed by atoms with E-state index in [2.05, 4.69) is 5.32 Å². The first-order valence-corrected chi connectivity index (χ1v) is 7.64. The number of carbonyl (C=O) groups excluding carboxylic acids is 2. The molecule has 0 spiro atoms. The summed E-state index contributed by atoms with van der Waals surface area (Å²) in [6.07, 6.45) is -4.47. The molecule has 5 nitrogen and oxygen atoms in total. The monoisotopic (exact) mass is 350 g/mol. The van der Waals surface area contributed by atoms with Gasteiger partial charge >= 0.3 is 6.18 Å². The van der Waals surface area contributed by atoms with E-state index >= 15 is 0 Å². The number of halogens is 3. The summed E-state index contributed by atoms with van der Waals surface area (Å²) in [6, 6.07) is 6.18. The maximum absolute atomic E-state index is 12.2. The molecule has 2 amide bonds. The molecule has 0 bridgehead atoms. The predicted molar refractivity (Wildman–Crippen MR) is 80.4 cm³/mol. The lowest BCUT2D eigenvalue weighted by Gasteiger charge is -2.11. The molecule has 0 aliphatic heterocycles. The van der Waals surface area contributed by atoms with Gasteiger partial charge in [0.05, 0.1) is 17.9 Å². The molecular formula is C14H17F3N2O3S. The summed E-state index contributed by atoms with van der Waals surface area (Å²) in [6.45, 7) is -0.654. The van der Waals surface area contributed by atoms with Gasteiger partial charge < -0.3 is 15.4 Å². The molecular weight excluding hydrogens is 333 g/mol. The van der Waals surface area contributed by atoms with Crippen molar-refractivity contribution in [1.29, 1.82) is 0 Å². The van der Waals surface area contributed by atoms with Crippen LogP contribution in [-0.2, 0) is 9.53 Å². The average Bonchev–Trinajstić information content (AvgIpc) is 2.50. The van der Waals surface area contributed by atoms with Gasteiger partial charge in [-0.1, -0.05) is 12.1 Å². The zero-order chi connectivity index (χ0) is 17.3. The molecule has 0 saturated carbocycles. The van der Waals surface area contributed by atoms with Crippen LogP contribution in [0, 0.1) is 0 Å². The van der Waals surface area contributed by atoms with E-state index in [9.17, 15) is 22.8 Å². The Balaban J connectivity index is 2.59. The van der Waals surface area contributed by atoms with Crippen molar-refractivity contribution in [3.05, 3.63) is 29.8 Å². The lowest BCUT2D eigenvalue weighted by molar-refractivity contribution is -0.123. The third-order valence-corrected chi connectivity index (χ3v) is 3.64. The molecule has 0 fully saturated rings.